The van der Waals surface area contributed by atoms with Gasteiger partial charge in [0, 0.05) is 26.8 Å². The quantitative estimate of drug-likeness (QED) is 0.834. The molecule has 2 atom stereocenters. The Balaban J connectivity index is 2.02. The second-order valence-corrected chi connectivity index (χ2v) is 5.99. The lowest BCUT2D eigenvalue weighted by molar-refractivity contribution is -0.141. The lowest BCUT2D eigenvalue weighted by Gasteiger charge is -2.39. The van der Waals surface area contributed by atoms with E-state index in [0.717, 1.165) is 10.6 Å². The Kier molecular flexibility index (Phi) is 4.07. The summed E-state index contributed by atoms with van der Waals surface area (Å²) in [5.41, 5.74) is 0.796. The molecule has 2 heterocycles. The molecule has 0 radical (unpaired) electrons. The molecule has 2 aliphatic rings. The standard InChI is InChI=1S/C16H19N5O4/c1-18(10-7-5-4-6-8-10)15-17-13-12(21(15)9-11(22)23)14(24)20(3)16(25)19(13)2/h4-8,12-13H,9H2,1-3H3,(H,22,23). The van der Waals surface area contributed by atoms with Gasteiger partial charge in [-0.25, -0.2) is 9.79 Å². The number of rotatable bonds is 3. The third-order valence-corrected chi connectivity index (χ3v) is 4.44. The first-order valence-corrected chi connectivity index (χ1v) is 7.72. The molecule has 2 unspecified atom stereocenters. The van der Waals surface area contributed by atoms with E-state index < -0.39 is 36.7 Å². The van der Waals surface area contributed by atoms with E-state index in [-0.39, 0.29) is 0 Å². The van der Waals surface area contributed by atoms with Gasteiger partial charge in [-0.15, -0.1) is 0 Å². The highest BCUT2D eigenvalue weighted by Gasteiger charge is 2.52. The third-order valence-electron chi connectivity index (χ3n) is 4.44. The van der Waals surface area contributed by atoms with Crippen molar-refractivity contribution in [3.63, 3.8) is 0 Å². The van der Waals surface area contributed by atoms with E-state index in [0.29, 0.717) is 5.96 Å². The number of para-hydroxylation sites is 1. The molecular weight excluding hydrogens is 326 g/mol. The molecule has 0 aliphatic carbocycles. The third kappa shape index (κ3) is 2.67. The van der Waals surface area contributed by atoms with Gasteiger partial charge >= 0.3 is 12.0 Å². The largest absolute Gasteiger partial charge is 0.480 e. The summed E-state index contributed by atoms with van der Waals surface area (Å²) in [5.74, 6) is -1.20. The van der Waals surface area contributed by atoms with Crippen LogP contribution < -0.4 is 4.90 Å². The van der Waals surface area contributed by atoms with E-state index in [9.17, 15) is 19.5 Å². The molecule has 1 aromatic rings. The highest BCUT2D eigenvalue weighted by Crippen LogP contribution is 2.29. The number of guanidine groups is 1. The number of hydrogen-bond acceptors (Lipinski definition) is 6. The van der Waals surface area contributed by atoms with E-state index in [1.807, 2.05) is 30.3 Å². The molecule has 25 heavy (non-hydrogen) atoms. The summed E-state index contributed by atoms with van der Waals surface area (Å²) < 4.78 is 0. The molecule has 132 valence electrons. The Hall–Kier alpha value is -3.10. The van der Waals surface area contributed by atoms with Crippen molar-refractivity contribution in [2.45, 2.75) is 12.2 Å². The van der Waals surface area contributed by atoms with Crippen LogP contribution in [0.3, 0.4) is 0 Å². The van der Waals surface area contributed by atoms with Crippen LogP contribution in [-0.4, -0.2) is 83.6 Å². The van der Waals surface area contributed by atoms with Crippen molar-refractivity contribution < 1.29 is 19.5 Å². The predicted octanol–water partition coefficient (Wildman–Crippen LogP) is 0.0975. The van der Waals surface area contributed by atoms with Crippen LogP contribution in [0.5, 0.6) is 0 Å². The number of amides is 3. The first-order valence-electron chi connectivity index (χ1n) is 7.72. The molecule has 2 aliphatic heterocycles. The smallest absolute Gasteiger partial charge is 0.328 e. The van der Waals surface area contributed by atoms with Crippen molar-refractivity contribution >= 4 is 29.6 Å². The second-order valence-electron chi connectivity index (χ2n) is 5.99. The molecule has 9 nitrogen and oxygen atoms in total. The van der Waals surface area contributed by atoms with Crippen molar-refractivity contribution in [1.29, 1.82) is 0 Å². The zero-order chi connectivity index (χ0) is 18.3. The van der Waals surface area contributed by atoms with E-state index in [1.165, 1.54) is 16.8 Å². The lowest BCUT2D eigenvalue weighted by Crippen LogP contribution is -2.64. The van der Waals surface area contributed by atoms with E-state index in [2.05, 4.69) is 4.99 Å². The van der Waals surface area contributed by atoms with Gasteiger partial charge in [0.2, 0.25) is 5.96 Å². The minimum atomic E-state index is -1.08. The van der Waals surface area contributed by atoms with E-state index >= 15 is 0 Å². The highest BCUT2D eigenvalue weighted by molar-refractivity contribution is 6.07. The van der Waals surface area contributed by atoms with Crippen molar-refractivity contribution in [2.75, 3.05) is 32.6 Å². The number of anilines is 1. The number of carboxylic acids is 1. The number of carboxylic acid groups (broad SMARTS) is 1. The van der Waals surface area contributed by atoms with Crippen molar-refractivity contribution in [1.82, 2.24) is 14.7 Å². The fourth-order valence-corrected chi connectivity index (χ4v) is 3.11. The van der Waals surface area contributed by atoms with Gasteiger partial charge in [-0.3, -0.25) is 14.5 Å². The SMILES string of the molecule is CN1C(=O)C2C(N=C(N(C)c3ccccc3)N2CC(=O)O)N(C)C1=O. The zero-order valence-electron chi connectivity index (χ0n) is 14.2. The fraction of sp³-hybridized carbons (Fsp3) is 0.375. The number of benzene rings is 1. The summed E-state index contributed by atoms with van der Waals surface area (Å²) in [6, 6.07) is 7.96. The first kappa shape index (κ1) is 16.7. The first-order chi connectivity index (χ1) is 11.8. The maximum Gasteiger partial charge on any atom is 0.328 e. The number of imide groups is 1. The molecule has 1 saturated heterocycles. The van der Waals surface area contributed by atoms with Crippen LogP contribution >= 0.6 is 0 Å². The predicted molar refractivity (Wildman–Crippen MR) is 90.1 cm³/mol. The Morgan fingerprint density at radius 1 is 1.24 bits per heavy atom. The number of carbonyl (C=O) groups excluding carboxylic acids is 2. The molecule has 9 heteroatoms. The van der Waals surface area contributed by atoms with Gasteiger partial charge in [0.05, 0.1) is 0 Å². The number of hydrogen-bond donors (Lipinski definition) is 1. The van der Waals surface area contributed by atoms with Crippen LogP contribution in [0, 0.1) is 0 Å². The van der Waals surface area contributed by atoms with Gasteiger partial charge in [0.25, 0.3) is 5.91 Å². The van der Waals surface area contributed by atoms with Crippen LogP contribution in [0.1, 0.15) is 0 Å². The van der Waals surface area contributed by atoms with Gasteiger partial charge in [-0.1, -0.05) is 18.2 Å². The average molecular weight is 345 g/mol. The maximum atomic E-state index is 12.6. The number of aliphatic carboxylic acids is 1. The molecule has 0 aromatic heterocycles. The van der Waals surface area contributed by atoms with Crippen LogP contribution in [0.15, 0.2) is 35.3 Å². The zero-order valence-corrected chi connectivity index (χ0v) is 14.2. The lowest BCUT2D eigenvalue weighted by atomic mass is 10.1. The summed E-state index contributed by atoms with van der Waals surface area (Å²) in [6.07, 6.45) is -0.753. The Labute approximate surface area is 144 Å². The molecule has 3 rings (SSSR count). The number of carbonyl (C=O) groups is 3. The average Bonchev–Trinajstić information content (AvgIpc) is 2.97. The topological polar surface area (TPSA) is 96.8 Å². The van der Waals surface area contributed by atoms with Crippen LogP contribution in [0.4, 0.5) is 10.5 Å². The summed E-state index contributed by atoms with van der Waals surface area (Å²) in [6.45, 7) is -0.390. The van der Waals surface area contributed by atoms with E-state index in [4.69, 9.17) is 0 Å². The molecule has 1 N–H and O–H groups in total. The summed E-state index contributed by atoms with van der Waals surface area (Å²) in [4.78, 5) is 46.1. The molecule has 3 amide bonds. The summed E-state index contributed by atoms with van der Waals surface area (Å²) in [7, 11) is 4.68. The van der Waals surface area contributed by atoms with Crippen LogP contribution in [-0.2, 0) is 9.59 Å². The number of likely N-dealkylation sites (N-methyl/N-ethyl adjacent to an activating group) is 2. The summed E-state index contributed by atoms with van der Waals surface area (Å²) in [5, 5.41) is 9.28. The molecule has 0 bridgehead atoms. The van der Waals surface area contributed by atoms with Crippen molar-refractivity contribution in [3.8, 4) is 0 Å². The van der Waals surface area contributed by atoms with Crippen molar-refractivity contribution in [2.24, 2.45) is 4.99 Å². The van der Waals surface area contributed by atoms with Crippen LogP contribution in [0.25, 0.3) is 0 Å². The molecule has 0 saturated carbocycles. The second kappa shape index (κ2) is 6.08. The minimum Gasteiger partial charge on any atom is -0.480 e. The van der Waals surface area contributed by atoms with E-state index in [1.54, 1.807) is 19.0 Å². The number of fused-ring (bicyclic) bond motifs is 1. The van der Waals surface area contributed by atoms with Crippen molar-refractivity contribution in [3.05, 3.63) is 30.3 Å². The number of aliphatic imine (C=N–C) groups is 1. The summed E-state index contributed by atoms with van der Waals surface area (Å²) >= 11 is 0. The Morgan fingerprint density at radius 2 is 1.88 bits per heavy atom. The van der Waals surface area contributed by atoms with Gasteiger partial charge < -0.3 is 19.8 Å². The normalized spacial score (nSPS) is 22.8. The van der Waals surface area contributed by atoms with Gasteiger partial charge in [0.15, 0.2) is 12.2 Å². The van der Waals surface area contributed by atoms with Crippen LogP contribution in [0.2, 0.25) is 0 Å². The number of urea groups is 1. The van der Waals surface area contributed by atoms with Gasteiger partial charge in [-0.2, -0.15) is 0 Å². The van der Waals surface area contributed by atoms with Gasteiger partial charge in [0.1, 0.15) is 6.54 Å². The molecule has 1 aromatic carbocycles. The monoisotopic (exact) mass is 345 g/mol. The Bertz CT molecular complexity index is 750. The molecule has 0 spiro atoms. The number of nitrogens with zero attached hydrogens (tertiary/aromatic N) is 5. The Morgan fingerprint density at radius 3 is 2.48 bits per heavy atom. The molecule has 1 fully saturated rings. The molecular formula is C16H19N5O4. The highest BCUT2D eigenvalue weighted by atomic mass is 16.4. The van der Waals surface area contributed by atoms with Gasteiger partial charge in [-0.05, 0) is 12.1 Å². The fourth-order valence-electron chi connectivity index (χ4n) is 3.11. The maximum absolute atomic E-state index is 12.6. The minimum absolute atomic E-state index is 0.340.